The molecular weight excluding hydrogens is 292 g/mol. The molecule has 7 heteroatoms. The van der Waals surface area contributed by atoms with E-state index in [4.69, 9.17) is 4.42 Å². The molecule has 7 nitrogen and oxygen atoms in total. The summed E-state index contributed by atoms with van der Waals surface area (Å²) in [6, 6.07) is 4.22. The van der Waals surface area contributed by atoms with Crippen molar-refractivity contribution in [2.75, 3.05) is 33.2 Å². The van der Waals surface area contributed by atoms with Crippen LogP contribution in [0.15, 0.2) is 22.8 Å². The van der Waals surface area contributed by atoms with Crippen LogP contribution in [0, 0.1) is 5.92 Å². The first-order chi connectivity index (χ1) is 11.1. The number of piperazine rings is 1. The molecule has 2 N–H and O–H groups in total. The molecule has 1 fully saturated rings. The van der Waals surface area contributed by atoms with Gasteiger partial charge in [-0.1, -0.05) is 13.8 Å². The highest BCUT2D eigenvalue weighted by Crippen LogP contribution is 2.17. The van der Waals surface area contributed by atoms with Gasteiger partial charge in [-0.25, -0.2) is 4.68 Å². The Bertz CT molecular complexity index is 585. The summed E-state index contributed by atoms with van der Waals surface area (Å²) >= 11 is 0. The van der Waals surface area contributed by atoms with Crippen LogP contribution in [-0.2, 0) is 6.54 Å². The minimum absolute atomic E-state index is 0.355. The fraction of sp³-hybridized carbons (Fsp3) is 0.688. The Morgan fingerprint density at radius 1 is 1.26 bits per heavy atom. The zero-order chi connectivity index (χ0) is 16.2. The van der Waals surface area contributed by atoms with Crippen LogP contribution >= 0.6 is 0 Å². The molecular formula is C16H28N6O+2. The Balaban J connectivity index is 1.80. The molecule has 3 heterocycles. The number of rotatable bonds is 6. The van der Waals surface area contributed by atoms with E-state index in [1.54, 1.807) is 16.1 Å². The lowest BCUT2D eigenvalue weighted by molar-refractivity contribution is -1.02. The fourth-order valence-electron chi connectivity index (χ4n) is 3.40. The molecule has 2 aromatic heterocycles. The summed E-state index contributed by atoms with van der Waals surface area (Å²) in [7, 11) is 2.27. The van der Waals surface area contributed by atoms with Crippen molar-refractivity contribution < 1.29 is 14.2 Å². The Labute approximate surface area is 137 Å². The van der Waals surface area contributed by atoms with E-state index in [9.17, 15) is 0 Å². The molecule has 0 spiro atoms. The number of nitrogens with one attached hydrogen (secondary N) is 2. The van der Waals surface area contributed by atoms with Crippen LogP contribution < -0.4 is 9.80 Å². The summed E-state index contributed by atoms with van der Waals surface area (Å²) in [5, 5.41) is 12.5. The molecule has 0 aliphatic carbocycles. The lowest BCUT2D eigenvalue weighted by Gasteiger charge is -2.33. The van der Waals surface area contributed by atoms with Gasteiger partial charge in [-0.15, -0.1) is 5.10 Å². The second kappa shape index (κ2) is 7.23. The fourth-order valence-corrected chi connectivity index (χ4v) is 3.40. The highest BCUT2D eigenvalue weighted by Gasteiger charge is 2.33. The van der Waals surface area contributed by atoms with Crippen molar-refractivity contribution in [2.24, 2.45) is 5.92 Å². The maximum absolute atomic E-state index is 5.46. The second-order valence-corrected chi connectivity index (χ2v) is 7.07. The van der Waals surface area contributed by atoms with Crippen molar-refractivity contribution in [3.8, 4) is 0 Å². The summed E-state index contributed by atoms with van der Waals surface area (Å²) in [5.41, 5.74) is 0. The van der Waals surface area contributed by atoms with E-state index in [1.165, 1.54) is 26.2 Å². The third-order valence-electron chi connectivity index (χ3n) is 4.70. The van der Waals surface area contributed by atoms with Crippen LogP contribution in [0.2, 0.25) is 0 Å². The Hall–Kier alpha value is -1.73. The topological polar surface area (TPSA) is 65.6 Å². The number of hydrogen-bond donors (Lipinski definition) is 2. The van der Waals surface area contributed by atoms with Gasteiger partial charge in [0.15, 0.2) is 6.04 Å². The summed E-state index contributed by atoms with van der Waals surface area (Å²) < 4.78 is 7.36. The predicted molar refractivity (Wildman–Crippen MR) is 85.1 cm³/mol. The van der Waals surface area contributed by atoms with Gasteiger partial charge in [0.1, 0.15) is 38.5 Å². The number of likely N-dealkylation sites (N-methyl/N-ethyl adjacent to an activating group) is 1. The smallest absolute Gasteiger partial charge is 0.209 e. The predicted octanol–water partition coefficient (Wildman–Crippen LogP) is -1.19. The van der Waals surface area contributed by atoms with E-state index in [0.29, 0.717) is 18.5 Å². The van der Waals surface area contributed by atoms with Crippen LogP contribution in [-0.4, -0.2) is 53.4 Å². The Morgan fingerprint density at radius 3 is 2.70 bits per heavy atom. The van der Waals surface area contributed by atoms with Crippen LogP contribution in [0.1, 0.15) is 37.9 Å². The second-order valence-electron chi connectivity index (χ2n) is 7.07. The lowest BCUT2D eigenvalue weighted by Crippen LogP contribution is -3.27. The van der Waals surface area contributed by atoms with Gasteiger partial charge in [-0.3, -0.25) is 0 Å². The largest absolute Gasteiger partial charge is 0.467 e. The van der Waals surface area contributed by atoms with Crippen molar-refractivity contribution >= 4 is 0 Å². The van der Waals surface area contributed by atoms with Crippen molar-refractivity contribution in [1.82, 2.24) is 20.2 Å². The van der Waals surface area contributed by atoms with Crippen molar-refractivity contribution in [3.63, 3.8) is 0 Å². The SMILES string of the molecule is CC(C)C[C@@H](c1nnnn1Cc1ccco1)[NH+]1CC[NH+](C)CC1. The molecule has 0 radical (unpaired) electrons. The van der Waals surface area contributed by atoms with Crippen LogP contribution in [0.5, 0.6) is 0 Å². The van der Waals surface area contributed by atoms with Gasteiger partial charge in [0.2, 0.25) is 5.82 Å². The third-order valence-corrected chi connectivity index (χ3v) is 4.70. The quantitative estimate of drug-likeness (QED) is 0.703. The van der Waals surface area contributed by atoms with Gasteiger partial charge in [-0.2, -0.15) is 0 Å². The van der Waals surface area contributed by atoms with Crippen LogP contribution in [0.3, 0.4) is 0 Å². The molecule has 2 aromatic rings. The van der Waals surface area contributed by atoms with Gasteiger partial charge in [-0.05, 0) is 28.5 Å². The molecule has 3 rings (SSSR count). The molecule has 1 saturated heterocycles. The zero-order valence-corrected chi connectivity index (χ0v) is 14.3. The van der Waals surface area contributed by atoms with Crippen LogP contribution in [0.25, 0.3) is 0 Å². The van der Waals surface area contributed by atoms with Gasteiger partial charge in [0.25, 0.3) is 0 Å². The molecule has 0 aromatic carbocycles. The normalized spacial score (nSPS) is 23.3. The molecule has 0 saturated carbocycles. The van der Waals surface area contributed by atoms with Gasteiger partial charge >= 0.3 is 0 Å². The summed E-state index contributed by atoms with van der Waals surface area (Å²) in [5.74, 6) is 2.50. The summed E-state index contributed by atoms with van der Waals surface area (Å²) in [6.45, 7) is 9.92. The van der Waals surface area contributed by atoms with E-state index in [2.05, 4.69) is 36.4 Å². The summed E-state index contributed by atoms with van der Waals surface area (Å²) in [4.78, 5) is 3.23. The Morgan fingerprint density at radius 2 is 2.04 bits per heavy atom. The number of quaternary nitrogens is 2. The van der Waals surface area contributed by atoms with E-state index in [-0.39, 0.29) is 0 Å². The molecule has 1 aliphatic rings. The molecule has 1 atom stereocenters. The van der Waals surface area contributed by atoms with Crippen molar-refractivity contribution in [1.29, 1.82) is 0 Å². The van der Waals surface area contributed by atoms with Gasteiger partial charge < -0.3 is 14.2 Å². The number of hydrogen-bond acceptors (Lipinski definition) is 4. The number of nitrogens with zero attached hydrogens (tertiary/aromatic N) is 4. The first-order valence-electron chi connectivity index (χ1n) is 8.57. The number of tetrazole rings is 1. The molecule has 1 aliphatic heterocycles. The third kappa shape index (κ3) is 3.97. The molecule has 126 valence electrons. The van der Waals surface area contributed by atoms with E-state index in [1.807, 2.05) is 16.8 Å². The van der Waals surface area contributed by atoms with Crippen molar-refractivity contribution in [2.45, 2.75) is 32.9 Å². The van der Waals surface area contributed by atoms with E-state index < -0.39 is 0 Å². The summed E-state index contributed by atoms with van der Waals surface area (Å²) in [6.07, 6.45) is 2.80. The highest BCUT2D eigenvalue weighted by molar-refractivity contribution is 5.00. The van der Waals surface area contributed by atoms with Gasteiger partial charge in [0, 0.05) is 6.42 Å². The number of furan rings is 1. The monoisotopic (exact) mass is 320 g/mol. The molecule has 0 amide bonds. The van der Waals surface area contributed by atoms with Crippen molar-refractivity contribution in [3.05, 3.63) is 30.0 Å². The van der Waals surface area contributed by atoms with Crippen LogP contribution in [0.4, 0.5) is 0 Å². The molecule has 0 bridgehead atoms. The van der Waals surface area contributed by atoms with Gasteiger partial charge in [0.05, 0.1) is 13.3 Å². The maximum atomic E-state index is 5.46. The average Bonchev–Trinajstić information content (AvgIpc) is 3.18. The lowest BCUT2D eigenvalue weighted by atomic mass is 10.0. The standard InChI is InChI=1S/C16H26N6O/c1-13(2)11-15(21-8-6-20(3)7-9-21)16-17-18-19-22(16)12-14-5-4-10-23-14/h4-5,10,13,15H,6-9,11-12H2,1-3H3/p+2/t15-/m0/s1. The van der Waals surface area contributed by atoms with E-state index in [0.717, 1.165) is 18.0 Å². The first kappa shape index (κ1) is 16.1. The maximum Gasteiger partial charge on any atom is 0.209 e. The minimum atomic E-state index is 0.355. The zero-order valence-electron chi connectivity index (χ0n) is 14.3. The average molecular weight is 320 g/mol. The molecule has 0 unspecified atom stereocenters. The molecule has 23 heavy (non-hydrogen) atoms. The minimum Gasteiger partial charge on any atom is -0.467 e. The first-order valence-corrected chi connectivity index (χ1v) is 8.57. The number of aromatic nitrogens is 4. The van der Waals surface area contributed by atoms with E-state index >= 15 is 0 Å². The Kier molecular flexibility index (Phi) is 5.07. The highest BCUT2D eigenvalue weighted by atomic mass is 16.3.